The molecule has 0 unspecified atom stereocenters. The van der Waals surface area contributed by atoms with Gasteiger partial charge in [0.25, 0.3) is 0 Å². The summed E-state index contributed by atoms with van der Waals surface area (Å²) in [7, 11) is 2.95. The maximum atomic E-state index is 4.22. The van der Waals surface area contributed by atoms with Crippen molar-refractivity contribution in [3.8, 4) is 0 Å². The van der Waals surface area contributed by atoms with Gasteiger partial charge in [-0.2, -0.15) is 0 Å². The molecule has 100 valence electrons. The minimum absolute atomic E-state index is 1.08. The van der Waals surface area contributed by atoms with E-state index in [-0.39, 0.29) is 0 Å². The molecule has 2 aromatic carbocycles. The molecule has 2 rings (SSSR count). The largest absolute Gasteiger partial charge is 0.280 e. The summed E-state index contributed by atoms with van der Waals surface area (Å²) >= 11 is 0. The molecule has 0 spiro atoms. The second-order valence-corrected chi connectivity index (χ2v) is 3.70. The smallest absolute Gasteiger partial charge is 0.0599 e. The number of rotatable bonds is 4. The Kier molecular flexibility index (Phi) is 7.20. The van der Waals surface area contributed by atoms with Gasteiger partial charge in [-0.25, -0.2) is 0 Å². The fourth-order valence-electron chi connectivity index (χ4n) is 1.53. The van der Waals surface area contributed by atoms with E-state index in [0.29, 0.717) is 0 Å². The molecule has 0 saturated heterocycles. The van der Waals surface area contributed by atoms with E-state index in [1.807, 2.05) is 36.4 Å². The summed E-state index contributed by atoms with van der Waals surface area (Å²) in [5.74, 6) is 0. The first kappa shape index (κ1) is 15.1. The molecule has 0 aliphatic rings. The molecule has 0 bridgehead atoms. The van der Waals surface area contributed by atoms with Crippen LogP contribution in [0.15, 0.2) is 67.2 Å². The van der Waals surface area contributed by atoms with Crippen molar-refractivity contribution >= 4 is 5.57 Å². The van der Waals surface area contributed by atoms with Gasteiger partial charge in [-0.15, -0.1) is 0 Å². The van der Waals surface area contributed by atoms with Crippen molar-refractivity contribution < 1.29 is 9.68 Å². The second kappa shape index (κ2) is 9.05. The quantitative estimate of drug-likeness (QED) is 0.851. The highest BCUT2D eigenvalue weighted by molar-refractivity contribution is 5.77. The zero-order valence-corrected chi connectivity index (χ0v) is 11.3. The first-order valence-electron chi connectivity index (χ1n) is 5.90. The molecule has 0 heterocycles. The second-order valence-electron chi connectivity index (χ2n) is 3.70. The first-order chi connectivity index (χ1) is 9.29. The fraction of sp³-hybridized carbons (Fsp3) is 0.125. The maximum Gasteiger partial charge on any atom is 0.0599 e. The molecule has 3 nitrogen and oxygen atoms in total. The van der Waals surface area contributed by atoms with Crippen LogP contribution < -0.4 is 5.64 Å². The van der Waals surface area contributed by atoms with E-state index in [1.54, 1.807) is 0 Å². The van der Waals surface area contributed by atoms with Gasteiger partial charge in [-0.1, -0.05) is 72.9 Å². The van der Waals surface area contributed by atoms with Crippen molar-refractivity contribution in [1.29, 1.82) is 0 Å². The van der Waals surface area contributed by atoms with Gasteiger partial charge < -0.3 is 0 Å². The molecule has 0 aromatic heterocycles. The van der Waals surface area contributed by atoms with Gasteiger partial charge >= 0.3 is 0 Å². The van der Waals surface area contributed by atoms with Gasteiger partial charge in [0, 0.05) is 0 Å². The third-order valence-electron chi connectivity index (χ3n) is 2.41. The molecule has 0 atom stereocenters. The minimum Gasteiger partial charge on any atom is -0.280 e. The van der Waals surface area contributed by atoms with Crippen LogP contribution in [0.3, 0.4) is 0 Å². The van der Waals surface area contributed by atoms with Crippen LogP contribution in [0.5, 0.6) is 0 Å². The first-order valence-corrected chi connectivity index (χ1v) is 5.90. The van der Waals surface area contributed by atoms with E-state index >= 15 is 0 Å². The van der Waals surface area contributed by atoms with Crippen molar-refractivity contribution in [2.75, 3.05) is 14.2 Å². The highest BCUT2D eigenvalue weighted by Gasteiger charge is 1.99. The molecule has 0 radical (unpaired) electrons. The summed E-state index contributed by atoms with van der Waals surface area (Å²) in [5, 5.41) is 0. The Morgan fingerprint density at radius 2 is 1.16 bits per heavy atom. The Balaban J connectivity index is 0.000000312. The van der Waals surface area contributed by atoms with E-state index < -0.39 is 0 Å². The predicted molar refractivity (Wildman–Crippen MR) is 78.2 cm³/mol. The molecule has 0 saturated carbocycles. The topological polar surface area (TPSA) is 30.5 Å². The molecule has 0 fully saturated rings. The van der Waals surface area contributed by atoms with Crippen LogP contribution >= 0.6 is 0 Å². The normalized spacial score (nSPS) is 9.37. The Morgan fingerprint density at radius 1 is 0.789 bits per heavy atom. The zero-order valence-electron chi connectivity index (χ0n) is 11.3. The average Bonchev–Trinajstić information content (AvgIpc) is 2.50. The summed E-state index contributed by atoms with van der Waals surface area (Å²) < 4.78 is 0. The van der Waals surface area contributed by atoms with Crippen LogP contribution in [0.4, 0.5) is 0 Å². The van der Waals surface area contributed by atoms with Gasteiger partial charge in [0.2, 0.25) is 0 Å². The van der Waals surface area contributed by atoms with Crippen molar-refractivity contribution in [1.82, 2.24) is 5.64 Å². The van der Waals surface area contributed by atoms with E-state index in [1.165, 1.54) is 25.3 Å². The summed E-state index contributed by atoms with van der Waals surface area (Å²) in [4.78, 5) is 8.44. The van der Waals surface area contributed by atoms with Crippen LogP contribution in [0.25, 0.3) is 5.57 Å². The van der Waals surface area contributed by atoms with Crippen molar-refractivity contribution in [3.05, 3.63) is 78.4 Å². The van der Waals surface area contributed by atoms with Crippen LogP contribution in [0.2, 0.25) is 0 Å². The van der Waals surface area contributed by atoms with Crippen LogP contribution in [0.1, 0.15) is 11.1 Å². The van der Waals surface area contributed by atoms with Crippen molar-refractivity contribution in [3.63, 3.8) is 0 Å². The molecule has 2 aromatic rings. The van der Waals surface area contributed by atoms with Gasteiger partial charge in [0.05, 0.1) is 14.2 Å². The number of benzene rings is 2. The van der Waals surface area contributed by atoms with Gasteiger partial charge in [0.1, 0.15) is 0 Å². The van der Waals surface area contributed by atoms with E-state index in [0.717, 1.165) is 5.57 Å². The van der Waals surface area contributed by atoms with Gasteiger partial charge in [-0.3, -0.25) is 9.68 Å². The monoisotopic (exact) mass is 257 g/mol. The third kappa shape index (κ3) is 5.48. The lowest BCUT2D eigenvalue weighted by Crippen LogP contribution is -2.07. The lowest BCUT2D eigenvalue weighted by atomic mass is 10.0. The molecule has 19 heavy (non-hydrogen) atoms. The zero-order chi connectivity index (χ0) is 13.9. The molecule has 1 N–H and O–H groups in total. The Morgan fingerprint density at radius 3 is 1.42 bits per heavy atom. The molecule has 3 heteroatoms. The van der Waals surface area contributed by atoms with E-state index in [9.17, 15) is 0 Å². The standard InChI is InChI=1S/C14H12.C2H7NO2/c1-12(13-8-4-2-5-9-13)14-10-6-3-7-11-14;1-4-3-5-2/h2-11H,1H2;3H,1-2H3. The van der Waals surface area contributed by atoms with E-state index in [4.69, 9.17) is 0 Å². The van der Waals surface area contributed by atoms with Crippen LogP contribution in [-0.2, 0) is 9.68 Å². The third-order valence-corrected chi connectivity index (χ3v) is 2.41. The number of nitrogens with one attached hydrogen (secondary N) is 1. The SMILES string of the molecule is C=C(c1ccccc1)c1ccccc1.CONOC. The summed E-state index contributed by atoms with van der Waals surface area (Å²) in [6.07, 6.45) is 0. The summed E-state index contributed by atoms with van der Waals surface area (Å²) in [6.45, 7) is 4.10. The minimum atomic E-state index is 1.08. The molecular formula is C16H19NO2. The van der Waals surface area contributed by atoms with Gasteiger partial charge in [-0.05, 0) is 16.7 Å². The Hall–Kier alpha value is -1.94. The fourth-order valence-corrected chi connectivity index (χ4v) is 1.53. The highest BCUT2D eigenvalue weighted by Crippen LogP contribution is 2.20. The van der Waals surface area contributed by atoms with Crippen LogP contribution in [0, 0.1) is 0 Å². The Labute approximate surface area is 114 Å². The number of hydrogen-bond acceptors (Lipinski definition) is 3. The molecular weight excluding hydrogens is 238 g/mol. The van der Waals surface area contributed by atoms with E-state index in [2.05, 4.69) is 46.2 Å². The molecule has 0 amide bonds. The summed E-state index contributed by atoms with van der Waals surface area (Å²) in [6, 6.07) is 20.5. The van der Waals surface area contributed by atoms with Crippen molar-refractivity contribution in [2.24, 2.45) is 0 Å². The molecule has 0 aliphatic heterocycles. The van der Waals surface area contributed by atoms with Crippen LogP contribution in [-0.4, -0.2) is 14.2 Å². The predicted octanol–water partition coefficient (Wildman–Crippen LogP) is 3.45. The maximum absolute atomic E-state index is 4.22. The number of hydrogen-bond donors (Lipinski definition) is 1. The Bertz CT molecular complexity index is 425. The van der Waals surface area contributed by atoms with Gasteiger partial charge in [0.15, 0.2) is 0 Å². The lowest BCUT2D eigenvalue weighted by Gasteiger charge is -2.04. The van der Waals surface area contributed by atoms with Crippen molar-refractivity contribution in [2.45, 2.75) is 0 Å². The lowest BCUT2D eigenvalue weighted by molar-refractivity contribution is -0.130. The highest BCUT2D eigenvalue weighted by atomic mass is 16.9. The summed E-state index contributed by atoms with van der Waals surface area (Å²) in [5.41, 5.74) is 5.54. The molecule has 0 aliphatic carbocycles. The average molecular weight is 257 g/mol.